The summed E-state index contributed by atoms with van der Waals surface area (Å²) in [5, 5.41) is 8.76. The minimum absolute atomic E-state index is 0.489. The van der Waals surface area contributed by atoms with Gasteiger partial charge >= 0.3 is 0 Å². The first-order valence-corrected chi connectivity index (χ1v) is 6.61. The lowest BCUT2D eigenvalue weighted by Gasteiger charge is -2.23. The van der Waals surface area contributed by atoms with Gasteiger partial charge in [0, 0.05) is 24.5 Å². The van der Waals surface area contributed by atoms with Crippen LogP contribution in [0.4, 0.5) is 0 Å². The van der Waals surface area contributed by atoms with Crippen LogP contribution in [-0.4, -0.2) is 35.0 Å². The largest absolute Gasteiger partial charge is 0.299 e. The molecule has 0 aromatic carbocycles. The average molecular weight is 235 g/mol. The number of nitrogens with zero attached hydrogens (tertiary/aromatic N) is 3. The number of aromatic nitrogens is 1. The minimum Gasteiger partial charge on any atom is -0.299 e. The van der Waals surface area contributed by atoms with Crippen molar-refractivity contribution >= 4 is 11.8 Å². The number of rotatable bonds is 5. The molecule has 0 spiro atoms. The van der Waals surface area contributed by atoms with Gasteiger partial charge in [0.25, 0.3) is 0 Å². The molecular formula is C12H17N3S. The highest BCUT2D eigenvalue weighted by molar-refractivity contribution is 7.98. The molecule has 0 bridgehead atoms. The van der Waals surface area contributed by atoms with Gasteiger partial charge < -0.3 is 0 Å². The second-order valence-electron chi connectivity index (χ2n) is 3.88. The number of thioether (sulfide) groups is 1. The van der Waals surface area contributed by atoms with E-state index in [-0.39, 0.29) is 0 Å². The zero-order chi connectivity index (χ0) is 12.0. The highest BCUT2D eigenvalue weighted by Gasteiger charge is 2.09. The maximum absolute atomic E-state index is 8.76. The van der Waals surface area contributed by atoms with E-state index in [0.29, 0.717) is 11.7 Å². The van der Waals surface area contributed by atoms with Gasteiger partial charge in [-0.05, 0) is 37.9 Å². The molecule has 16 heavy (non-hydrogen) atoms. The monoisotopic (exact) mass is 235 g/mol. The van der Waals surface area contributed by atoms with Crippen LogP contribution >= 0.6 is 11.8 Å². The summed E-state index contributed by atoms with van der Waals surface area (Å²) >= 11 is 1.85. The fraction of sp³-hybridized carbons (Fsp3) is 0.500. The lowest BCUT2D eigenvalue weighted by atomic mass is 10.2. The van der Waals surface area contributed by atoms with Crippen LogP contribution in [-0.2, 0) is 6.54 Å². The van der Waals surface area contributed by atoms with Gasteiger partial charge in [0.05, 0.1) is 0 Å². The van der Waals surface area contributed by atoms with Crippen LogP contribution in [0.15, 0.2) is 18.3 Å². The number of pyridine rings is 1. The van der Waals surface area contributed by atoms with Crippen LogP contribution in [0.5, 0.6) is 0 Å². The molecule has 0 amide bonds. The van der Waals surface area contributed by atoms with Crippen molar-refractivity contribution < 1.29 is 0 Å². The molecule has 0 aliphatic carbocycles. The molecule has 3 nitrogen and oxygen atoms in total. The van der Waals surface area contributed by atoms with Crippen molar-refractivity contribution in [3.8, 4) is 6.07 Å². The van der Waals surface area contributed by atoms with Crippen molar-refractivity contribution in [2.45, 2.75) is 19.5 Å². The third-order valence-corrected chi connectivity index (χ3v) is 3.35. The molecule has 0 saturated heterocycles. The standard InChI is InChI=1S/C12H17N3S/c1-10(9-16-3)15(2)8-11-4-5-14-12(6-11)7-13/h4-6,10H,8-9H2,1-3H3. The molecule has 0 radical (unpaired) electrons. The van der Waals surface area contributed by atoms with E-state index in [1.54, 1.807) is 6.20 Å². The summed E-state index contributed by atoms with van der Waals surface area (Å²) in [6.07, 6.45) is 3.81. The summed E-state index contributed by atoms with van der Waals surface area (Å²) in [6, 6.07) is 6.41. The Morgan fingerprint density at radius 1 is 1.62 bits per heavy atom. The van der Waals surface area contributed by atoms with Gasteiger partial charge in [-0.3, -0.25) is 4.90 Å². The molecule has 0 aliphatic rings. The van der Waals surface area contributed by atoms with E-state index in [1.807, 2.05) is 23.9 Å². The van der Waals surface area contributed by atoms with Crippen molar-refractivity contribution in [2.75, 3.05) is 19.1 Å². The molecule has 1 rings (SSSR count). The first-order chi connectivity index (χ1) is 7.67. The van der Waals surface area contributed by atoms with Gasteiger partial charge in [-0.25, -0.2) is 4.98 Å². The zero-order valence-electron chi connectivity index (χ0n) is 9.97. The molecule has 0 fully saturated rings. The number of nitriles is 1. The Morgan fingerprint density at radius 3 is 3.00 bits per heavy atom. The Bertz CT molecular complexity index is 373. The van der Waals surface area contributed by atoms with Crippen molar-refractivity contribution in [2.24, 2.45) is 0 Å². The van der Waals surface area contributed by atoms with Gasteiger partial charge in [-0.1, -0.05) is 0 Å². The third kappa shape index (κ3) is 3.84. The summed E-state index contributed by atoms with van der Waals surface area (Å²) < 4.78 is 0. The van der Waals surface area contributed by atoms with Crippen LogP contribution in [0, 0.1) is 11.3 Å². The first-order valence-electron chi connectivity index (χ1n) is 5.21. The third-order valence-electron chi connectivity index (χ3n) is 2.53. The fourth-order valence-corrected chi connectivity index (χ4v) is 2.18. The Balaban J connectivity index is 2.62. The highest BCUT2D eigenvalue weighted by Crippen LogP contribution is 2.09. The number of hydrogen-bond donors (Lipinski definition) is 0. The van der Waals surface area contributed by atoms with E-state index in [1.165, 1.54) is 0 Å². The first kappa shape index (κ1) is 13.0. The fourth-order valence-electron chi connectivity index (χ4n) is 1.45. The van der Waals surface area contributed by atoms with Gasteiger partial charge in [0.1, 0.15) is 11.8 Å². The van der Waals surface area contributed by atoms with Crippen molar-refractivity contribution in [3.63, 3.8) is 0 Å². The molecule has 4 heteroatoms. The Kier molecular flexibility index (Phi) is 5.30. The molecule has 0 saturated carbocycles. The molecule has 1 heterocycles. The van der Waals surface area contributed by atoms with E-state index in [9.17, 15) is 0 Å². The van der Waals surface area contributed by atoms with Crippen LogP contribution < -0.4 is 0 Å². The maximum atomic E-state index is 8.76. The molecule has 1 atom stereocenters. The Labute approximate surface area is 101 Å². The molecule has 86 valence electrons. The van der Waals surface area contributed by atoms with Crippen LogP contribution in [0.3, 0.4) is 0 Å². The smallest absolute Gasteiger partial charge is 0.140 e. The summed E-state index contributed by atoms with van der Waals surface area (Å²) in [5.41, 5.74) is 1.63. The van der Waals surface area contributed by atoms with Crippen molar-refractivity contribution in [1.82, 2.24) is 9.88 Å². The molecular weight excluding hydrogens is 218 g/mol. The van der Waals surface area contributed by atoms with Gasteiger partial charge in [-0.15, -0.1) is 0 Å². The van der Waals surface area contributed by atoms with Crippen molar-refractivity contribution in [3.05, 3.63) is 29.6 Å². The van der Waals surface area contributed by atoms with Gasteiger partial charge in [0.15, 0.2) is 0 Å². The second kappa shape index (κ2) is 6.51. The Hall–Kier alpha value is -1.05. The second-order valence-corrected chi connectivity index (χ2v) is 4.79. The lowest BCUT2D eigenvalue weighted by Crippen LogP contribution is -2.30. The lowest BCUT2D eigenvalue weighted by molar-refractivity contribution is 0.269. The summed E-state index contributed by atoms with van der Waals surface area (Å²) in [6.45, 7) is 3.07. The van der Waals surface area contributed by atoms with Crippen molar-refractivity contribution in [1.29, 1.82) is 5.26 Å². The predicted octanol–water partition coefficient (Wildman–Crippen LogP) is 2.14. The van der Waals surface area contributed by atoms with E-state index in [0.717, 1.165) is 17.9 Å². The molecule has 0 N–H and O–H groups in total. The van der Waals surface area contributed by atoms with Crippen LogP contribution in [0.1, 0.15) is 18.2 Å². The maximum Gasteiger partial charge on any atom is 0.140 e. The Morgan fingerprint density at radius 2 is 2.38 bits per heavy atom. The van der Waals surface area contributed by atoms with E-state index < -0.39 is 0 Å². The van der Waals surface area contributed by atoms with Crippen LogP contribution in [0.2, 0.25) is 0 Å². The predicted molar refractivity (Wildman–Crippen MR) is 68.3 cm³/mol. The normalized spacial score (nSPS) is 12.4. The van der Waals surface area contributed by atoms with E-state index in [4.69, 9.17) is 5.26 Å². The molecule has 1 unspecified atom stereocenters. The molecule has 0 aliphatic heterocycles. The quantitative estimate of drug-likeness (QED) is 0.784. The van der Waals surface area contributed by atoms with Gasteiger partial charge in [-0.2, -0.15) is 17.0 Å². The average Bonchev–Trinajstić information content (AvgIpc) is 2.29. The summed E-state index contributed by atoms with van der Waals surface area (Å²) in [7, 11) is 2.10. The van der Waals surface area contributed by atoms with E-state index >= 15 is 0 Å². The molecule has 1 aromatic rings. The van der Waals surface area contributed by atoms with E-state index in [2.05, 4.69) is 36.2 Å². The zero-order valence-corrected chi connectivity index (χ0v) is 10.8. The summed E-state index contributed by atoms with van der Waals surface area (Å²) in [4.78, 5) is 6.25. The number of hydrogen-bond acceptors (Lipinski definition) is 4. The van der Waals surface area contributed by atoms with Gasteiger partial charge in [0.2, 0.25) is 0 Å². The highest BCUT2D eigenvalue weighted by atomic mass is 32.2. The summed E-state index contributed by atoms with van der Waals surface area (Å²) in [5.74, 6) is 1.12. The minimum atomic E-state index is 0.489. The topological polar surface area (TPSA) is 39.9 Å². The van der Waals surface area contributed by atoms with Crippen LogP contribution in [0.25, 0.3) is 0 Å². The SMILES string of the molecule is CSCC(C)N(C)Cc1ccnc(C#N)c1. The molecule has 1 aromatic heterocycles.